The first-order valence-electron chi connectivity index (χ1n) is 5.63. The lowest BCUT2D eigenvalue weighted by Gasteiger charge is -2.46. The molecule has 1 atom stereocenters. The van der Waals surface area contributed by atoms with Crippen LogP contribution in [0.3, 0.4) is 0 Å². The molecule has 0 saturated heterocycles. The largest absolute Gasteiger partial charge is 0.392 e. The normalized spacial score (nSPS) is 16.1. The molecular weight excluding hydrogens is 176 g/mol. The van der Waals surface area contributed by atoms with Crippen molar-refractivity contribution in [1.29, 1.82) is 0 Å². The third-order valence-corrected chi connectivity index (χ3v) is 3.74. The second kappa shape index (κ2) is 4.63. The van der Waals surface area contributed by atoms with Gasteiger partial charge in [0.2, 0.25) is 0 Å². The van der Waals surface area contributed by atoms with Crippen LogP contribution < -0.4 is 0 Å². The van der Waals surface area contributed by atoms with Crippen LogP contribution in [0.4, 0.5) is 0 Å². The fourth-order valence-electron chi connectivity index (χ4n) is 2.27. The van der Waals surface area contributed by atoms with Gasteiger partial charge < -0.3 is 10.2 Å². The highest BCUT2D eigenvalue weighted by atomic mass is 16.3. The van der Waals surface area contributed by atoms with Crippen LogP contribution in [0.5, 0.6) is 0 Å². The van der Waals surface area contributed by atoms with Gasteiger partial charge in [-0.15, -0.1) is 0 Å². The summed E-state index contributed by atoms with van der Waals surface area (Å²) in [4.78, 5) is 0. The predicted molar refractivity (Wildman–Crippen MR) is 60.2 cm³/mol. The van der Waals surface area contributed by atoms with E-state index in [1.165, 1.54) is 0 Å². The minimum Gasteiger partial charge on any atom is -0.392 e. The summed E-state index contributed by atoms with van der Waals surface area (Å²) in [5.41, 5.74) is -1.22. The fraction of sp³-hybridized carbons (Fsp3) is 1.00. The SMILES string of the molecule is CCC(O)(CC)C(C)(C)C(O)C(C)C. The Balaban J connectivity index is 4.90. The molecule has 0 aromatic rings. The summed E-state index contributed by atoms with van der Waals surface area (Å²) in [5, 5.41) is 20.5. The minimum absolute atomic E-state index is 0.176. The summed E-state index contributed by atoms with van der Waals surface area (Å²) in [7, 11) is 0. The van der Waals surface area contributed by atoms with E-state index in [0.29, 0.717) is 12.8 Å². The summed E-state index contributed by atoms with van der Waals surface area (Å²) < 4.78 is 0. The Bertz CT molecular complexity index is 169. The maximum absolute atomic E-state index is 10.4. The Morgan fingerprint density at radius 3 is 1.64 bits per heavy atom. The fourth-order valence-corrected chi connectivity index (χ4v) is 2.27. The third kappa shape index (κ3) is 2.29. The van der Waals surface area contributed by atoms with Gasteiger partial charge in [0, 0.05) is 5.41 Å². The Morgan fingerprint density at radius 1 is 1.07 bits per heavy atom. The van der Waals surface area contributed by atoms with Crippen molar-refractivity contribution in [2.75, 3.05) is 0 Å². The smallest absolute Gasteiger partial charge is 0.0718 e. The quantitative estimate of drug-likeness (QED) is 0.719. The van der Waals surface area contributed by atoms with E-state index < -0.39 is 17.1 Å². The summed E-state index contributed by atoms with van der Waals surface area (Å²) in [6.45, 7) is 11.8. The molecule has 0 radical (unpaired) electrons. The van der Waals surface area contributed by atoms with Crippen molar-refractivity contribution in [3.05, 3.63) is 0 Å². The van der Waals surface area contributed by atoms with Crippen molar-refractivity contribution in [3.63, 3.8) is 0 Å². The standard InChI is InChI=1S/C12H26O2/c1-7-12(14,8-2)11(5,6)10(13)9(3)4/h9-10,13-14H,7-8H2,1-6H3. The van der Waals surface area contributed by atoms with E-state index in [-0.39, 0.29) is 5.92 Å². The van der Waals surface area contributed by atoms with Crippen LogP contribution in [-0.4, -0.2) is 21.9 Å². The van der Waals surface area contributed by atoms with Crippen LogP contribution in [-0.2, 0) is 0 Å². The molecule has 0 aromatic heterocycles. The average Bonchev–Trinajstić information content (AvgIpc) is 2.14. The number of hydrogen-bond donors (Lipinski definition) is 2. The van der Waals surface area contributed by atoms with Gasteiger partial charge in [0.1, 0.15) is 0 Å². The average molecular weight is 202 g/mol. The van der Waals surface area contributed by atoms with E-state index in [1.54, 1.807) is 0 Å². The van der Waals surface area contributed by atoms with Crippen molar-refractivity contribution in [3.8, 4) is 0 Å². The molecule has 0 amide bonds. The molecule has 0 saturated carbocycles. The number of aliphatic hydroxyl groups excluding tert-OH is 1. The Morgan fingerprint density at radius 2 is 1.43 bits per heavy atom. The molecule has 0 aliphatic rings. The third-order valence-electron chi connectivity index (χ3n) is 3.74. The zero-order valence-corrected chi connectivity index (χ0v) is 10.5. The topological polar surface area (TPSA) is 40.5 Å². The van der Waals surface area contributed by atoms with Gasteiger partial charge in [0.25, 0.3) is 0 Å². The lowest BCUT2D eigenvalue weighted by Crippen LogP contribution is -2.52. The molecule has 86 valence electrons. The molecule has 14 heavy (non-hydrogen) atoms. The molecule has 0 aliphatic carbocycles. The van der Waals surface area contributed by atoms with E-state index in [2.05, 4.69) is 0 Å². The van der Waals surface area contributed by atoms with Gasteiger partial charge in [-0.25, -0.2) is 0 Å². The van der Waals surface area contributed by atoms with Gasteiger partial charge in [-0.05, 0) is 18.8 Å². The van der Waals surface area contributed by atoms with Crippen molar-refractivity contribution in [2.45, 2.75) is 66.1 Å². The van der Waals surface area contributed by atoms with Gasteiger partial charge in [-0.3, -0.25) is 0 Å². The lowest BCUT2D eigenvalue weighted by atomic mass is 9.66. The summed E-state index contributed by atoms with van der Waals surface area (Å²) in [5.74, 6) is 0.176. The highest BCUT2D eigenvalue weighted by Crippen LogP contribution is 2.41. The van der Waals surface area contributed by atoms with Crippen LogP contribution in [0, 0.1) is 11.3 Å². The molecular formula is C12H26O2. The predicted octanol–water partition coefficient (Wildman–Crippen LogP) is 2.58. The van der Waals surface area contributed by atoms with Crippen molar-refractivity contribution >= 4 is 0 Å². The number of rotatable bonds is 5. The molecule has 0 spiro atoms. The first-order chi connectivity index (χ1) is 6.23. The van der Waals surface area contributed by atoms with Crippen LogP contribution >= 0.6 is 0 Å². The van der Waals surface area contributed by atoms with Gasteiger partial charge in [-0.1, -0.05) is 41.5 Å². The first kappa shape index (κ1) is 13.9. The zero-order valence-electron chi connectivity index (χ0n) is 10.5. The van der Waals surface area contributed by atoms with E-state index in [4.69, 9.17) is 0 Å². The molecule has 0 bridgehead atoms. The summed E-state index contributed by atoms with van der Waals surface area (Å²) in [6.07, 6.45) is 0.896. The van der Waals surface area contributed by atoms with E-state index in [9.17, 15) is 10.2 Å². The zero-order chi connectivity index (χ0) is 11.6. The van der Waals surface area contributed by atoms with Gasteiger partial charge in [0.15, 0.2) is 0 Å². The molecule has 2 N–H and O–H groups in total. The highest BCUT2D eigenvalue weighted by molar-refractivity contribution is 4.96. The molecule has 0 fully saturated rings. The van der Waals surface area contributed by atoms with E-state index in [0.717, 1.165) is 0 Å². The summed E-state index contributed by atoms with van der Waals surface area (Å²) >= 11 is 0. The molecule has 0 aliphatic heterocycles. The first-order valence-corrected chi connectivity index (χ1v) is 5.63. The highest BCUT2D eigenvalue weighted by Gasteiger charge is 2.46. The van der Waals surface area contributed by atoms with Crippen molar-refractivity contribution in [1.82, 2.24) is 0 Å². The maximum Gasteiger partial charge on any atom is 0.0718 e. The molecule has 2 heteroatoms. The lowest BCUT2D eigenvalue weighted by molar-refractivity contribution is -0.141. The molecule has 0 rings (SSSR count). The van der Waals surface area contributed by atoms with Gasteiger partial charge in [0.05, 0.1) is 11.7 Å². The van der Waals surface area contributed by atoms with Crippen LogP contribution in [0.1, 0.15) is 54.4 Å². The summed E-state index contributed by atoms with van der Waals surface area (Å²) in [6, 6.07) is 0. The molecule has 0 aromatic carbocycles. The second-order valence-corrected chi connectivity index (χ2v) is 5.15. The Hall–Kier alpha value is -0.0800. The molecule has 1 unspecified atom stereocenters. The Labute approximate surface area is 88.3 Å². The minimum atomic E-state index is -0.767. The number of aliphatic hydroxyl groups is 2. The second-order valence-electron chi connectivity index (χ2n) is 5.15. The van der Waals surface area contributed by atoms with Gasteiger partial charge in [-0.2, -0.15) is 0 Å². The Kier molecular flexibility index (Phi) is 4.60. The van der Waals surface area contributed by atoms with Crippen molar-refractivity contribution < 1.29 is 10.2 Å². The molecule has 2 nitrogen and oxygen atoms in total. The van der Waals surface area contributed by atoms with E-state index >= 15 is 0 Å². The van der Waals surface area contributed by atoms with Crippen LogP contribution in [0.15, 0.2) is 0 Å². The van der Waals surface area contributed by atoms with Crippen LogP contribution in [0.2, 0.25) is 0 Å². The monoisotopic (exact) mass is 202 g/mol. The van der Waals surface area contributed by atoms with Crippen molar-refractivity contribution in [2.24, 2.45) is 11.3 Å². The maximum atomic E-state index is 10.4. The molecule has 0 heterocycles. The van der Waals surface area contributed by atoms with Crippen LogP contribution in [0.25, 0.3) is 0 Å². The number of hydrogen-bond acceptors (Lipinski definition) is 2. The van der Waals surface area contributed by atoms with E-state index in [1.807, 2.05) is 41.5 Å². The van der Waals surface area contributed by atoms with Gasteiger partial charge >= 0.3 is 0 Å².